The third-order valence-corrected chi connectivity index (χ3v) is 6.01. The van der Waals surface area contributed by atoms with Crippen molar-refractivity contribution >= 4 is 11.4 Å². The van der Waals surface area contributed by atoms with Crippen molar-refractivity contribution in [3.05, 3.63) is 53.9 Å². The zero-order chi connectivity index (χ0) is 23.8. The van der Waals surface area contributed by atoms with Crippen molar-refractivity contribution in [2.45, 2.75) is 31.9 Å². The van der Waals surface area contributed by atoms with Gasteiger partial charge in [-0.1, -0.05) is 0 Å². The standard InChI is InChI=1S/C23H32N6O2.C2H2/c1-23(6-7-23)31-17-3-4-19(24)18(15-17)22(25)20(26-2)5-9-28-10-12-29(13-11-28)16-21-27-8-14-30-21;1-2/h3-5,8,14-15,25-26H,6-7,9-13,16,24H2,1-2H3;1-2H/b20-5-,25-22?;. The van der Waals surface area contributed by atoms with Crippen LogP contribution in [0.2, 0.25) is 0 Å². The number of oxazole rings is 1. The van der Waals surface area contributed by atoms with E-state index in [9.17, 15) is 0 Å². The van der Waals surface area contributed by atoms with Crippen LogP contribution < -0.4 is 15.8 Å². The summed E-state index contributed by atoms with van der Waals surface area (Å²) in [6.45, 7) is 7.50. The van der Waals surface area contributed by atoms with Gasteiger partial charge in [0, 0.05) is 51.0 Å². The van der Waals surface area contributed by atoms with Gasteiger partial charge in [0.05, 0.1) is 24.2 Å². The zero-order valence-corrected chi connectivity index (χ0v) is 19.5. The van der Waals surface area contributed by atoms with Gasteiger partial charge in [0.15, 0.2) is 0 Å². The van der Waals surface area contributed by atoms with Crippen molar-refractivity contribution in [2.24, 2.45) is 0 Å². The summed E-state index contributed by atoms with van der Waals surface area (Å²) in [5.41, 5.74) is 8.56. The molecule has 4 rings (SSSR count). The van der Waals surface area contributed by atoms with E-state index in [0.29, 0.717) is 17.0 Å². The van der Waals surface area contributed by atoms with E-state index in [1.54, 1.807) is 12.5 Å². The summed E-state index contributed by atoms with van der Waals surface area (Å²) in [7, 11) is 1.84. The van der Waals surface area contributed by atoms with E-state index in [0.717, 1.165) is 69.4 Å². The highest BCUT2D eigenvalue weighted by molar-refractivity contribution is 6.13. The number of hydrogen-bond acceptors (Lipinski definition) is 8. The maximum absolute atomic E-state index is 8.72. The average Bonchev–Trinajstić information content (AvgIpc) is 3.32. The molecule has 0 amide bonds. The quantitative estimate of drug-likeness (QED) is 0.307. The fraction of sp³-hybridized carbons (Fsp3) is 0.440. The molecule has 2 heterocycles. The van der Waals surface area contributed by atoms with E-state index >= 15 is 0 Å². The van der Waals surface area contributed by atoms with E-state index in [1.165, 1.54) is 0 Å². The second-order valence-corrected chi connectivity index (χ2v) is 8.55. The first-order valence-electron chi connectivity index (χ1n) is 11.2. The minimum atomic E-state index is -0.0631. The van der Waals surface area contributed by atoms with Gasteiger partial charge in [0.25, 0.3) is 0 Å². The molecule has 1 aromatic carbocycles. The fourth-order valence-electron chi connectivity index (χ4n) is 3.72. The second kappa shape index (κ2) is 11.0. The molecule has 33 heavy (non-hydrogen) atoms. The summed E-state index contributed by atoms with van der Waals surface area (Å²) in [6.07, 6.45) is 15.5. The molecule has 1 saturated carbocycles. The first-order chi connectivity index (χ1) is 16.0. The molecule has 0 unspecified atom stereocenters. The predicted molar refractivity (Wildman–Crippen MR) is 131 cm³/mol. The number of nitrogens with one attached hydrogen (secondary N) is 2. The Morgan fingerprint density at radius 1 is 1.27 bits per heavy atom. The number of ether oxygens (including phenoxy) is 1. The van der Waals surface area contributed by atoms with Crippen LogP contribution in [0.5, 0.6) is 5.75 Å². The molecule has 1 saturated heterocycles. The van der Waals surface area contributed by atoms with Crippen LogP contribution in [-0.4, -0.2) is 65.9 Å². The van der Waals surface area contributed by atoms with Gasteiger partial charge in [-0.15, -0.1) is 12.8 Å². The van der Waals surface area contributed by atoms with Crippen LogP contribution >= 0.6 is 0 Å². The van der Waals surface area contributed by atoms with Crippen molar-refractivity contribution < 1.29 is 9.15 Å². The molecule has 8 heteroatoms. The van der Waals surface area contributed by atoms with Crippen LogP contribution in [0.4, 0.5) is 5.69 Å². The minimum Gasteiger partial charge on any atom is -0.488 e. The van der Waals surface area contributed by atoms with Crippen LogP contribution in [0.3, 0.4) is 0 Å². The lowest BCUT2D eigenvalue weighted by atomic mass is 10.0. The molecule has 2 aromatic rings. The summed E-state index contributed by atoms with van der Waals surface area (Å²) in [6, 6.07) is 5.59. The number of nitrogens with zero attached hydrogens (tertiary/aromatic N) is 3. The number of rotatable bonds is 9. The van der Waals surface area contributed by atoms with Gasteiger partial charge in [0.2, 0.25) is 5.89 Å². The van der Waals surface area contributed by atoms with E-state index in [1.807, 2.05) is 25.2 Å². The molecule has 1 aliphatic heterocycles. The first-order valence-corrected chi connectivity index (χ1v) is 11.2. The Morgan fingerprint density at radius 3 is 2.58 bits per heavy atom. The number of anilines is 1. The molecule has 0 bridgehead atoms. The smallest absolute Gasteiger partial charge is 0.208 e. The molecule has 176 valence electrons. The Labute approximate surface area is 196 Å². The highest BCUT2D eigenvalue weighted by Crippen LogP contribution is 2.40. The third kappa shape index (κ3) is 6.60. The van der Waals surface area contributed by atoms with Crippen LogP contribution in [0.1, 0.15) is 31.2 Å². The average molecular weight is 451 g/mol. The Kier molecular flexibility index (Phi) is 8.15. The van der Waals surface area contributed by atoms with Gasteiger partial charge in [-0.05, 0) is 44.0 Å². The molecule has 4 N–H and O–H groups in total. The number of hydrogen-bond donors (Lipinski definition) is 3. The summed E-state index contributed by atoms with van der Waals surface area (Å²) >= 11 is 0. The number of allylic oxidation sites excluding steroid dienone is 1. The van der Waals surface area contributed by atoms with E-state index in [4.69, 9.17) is 20.3 Å². The van der Waals surface area contributed by atoms with Crippen LogP contribution in [0.25, 0.3) is 0 Å². The predicted octanol–water partition coefficient (Wildman–Crippen LogP) is 2.73. The molecular formula is C25H34N6O2. The molecule has 0 atom stereocenters. The number of nitrogens with two attached hydrogens (primary N) is 1. The summed E-state index contributed by atoms with van der Waals surface area (Å²) < 4.78 is 11.4. The molecule has 0 spiro atoms. The Hall–Kier alpha value is -3.28. The SMILES string of the molecule is C#C.CN/C(=C\CN1CCN(Cc2ncco2)CC1)C(=N)c1cc(OC2(C)CC2)ccc1N. The largest absolute Gasteiger partial charge is 0.488 e. The lowest BCUT2D eigenvalue weighted by Crippen LogP contribution is -2.46. The van der Waals surface area contributed by atoms with Crippen molar-refractivity contribution in [1.82, 2.24) is 20.1 Å². The van der Waals surface area contributed by atoms with Crippen LogP contribution in [0.15, 0.2) is 46.8 Å². The number of likely N-dealkylation sites (N-methyl/N-ethyl adjacent to an activating group) is 1. The summed E-state index contributed by atoms with van der Waals surface area (Å²) in [5.74, 6) is 1.53. The van der Waals surface area contributed by atoms with Gasteiger partial charge >= 0.3 is 0 Å². The third-order valence-electron chi connectivity index (χ3n) is 6.01. The lowest BCUT2D eigenvalue weighted by molar-refractivity contribution is 0.128. The molecule has 2 aliphatic rings. The van der Waals surface area contributed by atoms with Gasteiger partial charge in [0.1, 0.15) is 17.6 Å². The maximum Gasteiger partial charge on any atom is 0.208 e. The normalized spacial score (nSPS) is 18.1. The van der Waals surface area contributed by atoms with Crippen LogP contribution in [-0.2, 0) is 6.54 Å². The van der Waals surface area contributed by atoms with E-state index in [-0.39, 0.29) is 5.60 Å². The molecule has 0 radical (unpaired) electrons. The van der Waals surface area contributed by atoms with Crippen molar-refractivity contribution in [1.29, 1.82) is 5.41 Å². The van der Waals surface area contributed by atoms with Crippen molar-refractivity contribution in [3.63, 3.8) is 0 Å². The highest BCUT2D eigenvalue weighted by atomic mass is 16.5. The summed E-state index contributed by atoms with van der Waals surface area (Å²) in [4.78, 5) is 8.93. The topological polar surface area (TPSA) is 104 Å². The first kappa shape index (κ1) is 24.4. The number of nitrogen functional groups attached to an aromatic ring is 1. The van der Waals surface area contributed by atoms with Gasteiger partial charge < -0.3 is 20.2 Å². The molecule has 2 fully saturated rings. The lowest BCUT2D eigenvalue weighted by Gasteiger charge is -2.33. The number of terminal acetylenes is 1. The minimum absolute atomic E-state index is 0.0631. The Morgan fingerprint density at radius 2 is 1.97 bits per heavy atom. The van der Waals surface area contributed by atoms with E-state index < -0.39 is 0 Å². The highest BCUT2D eigenvalue weighted by Gasteiger charge is 2.40. The number of aromatic nitrogens is 1. The molecule has 8 nitrogen and oxygen atoms in total. The Bertz CT molecular complexity index is 970. The zero-order valence-electron chi connectivity index (χ0n) is 19.5. The number of benzene rings is 1. The molecule has 1 aliphatic carbocycles. The van der Waals surface area contributed by atoms with Gasteiger partial charge in [-0.25, -0.2) is 4.98 Å². The van der Waals surface area contributed by atoms with Gasteiger partial charge in [-0.3, -0.25) is 15.2 Å². The molecular weight excluding hydrogens is 416 g/mol. The fourth-order valence-corrected chi connectivity index (χ4v) is 3.72. The number of piperazine rings is 1. The summed E-state index contributed by atoms with van der Waals surface area (Å²) in [5, 5.41) is 11.9. The second-order valence-electron chi connectivity index (χ2n) is 8.55. The van der Waals surface area contributed by atoms with Crippen molar-refractivity contribution in [2.75, 3.05) is 45.5 Å². The maximum atomic E-state index is 8.72. The van der Waals surface area contributed by atoms with Crippen LogP contribution in [0, 0.1) is 18.3 Å². The Balaban J connectivity index is 0.00000149. The van der Waals surface area contributed by atoms with Gasteiger partial charge in [-0.2, -0.15) is 0 Å². The monoisotopic (exact) mass is 450 g/mol. The van der Waals surface area contributed by atoms with Crippen molar-refractivity contribution in [3.8, 4) is 18.6 Å². The van der Waals surface area contributed by atoms with E-state index in [2.05, 4.69) is 45.9 Å². The molecule has 1 aromatic heterocycles.